The number of para-hydroxylation sites is 1. The van der Waals surface area contributed by atoms with Crippen LogP contribution in [0.4, 0.5) is 5.69 Å². The summed E-state index contributed by atoms with van der Waals surface area (Å²) in [6.07, 6.45) is 0. The van der Waals surface area contributed by atoms with Crippen molar-refractivity contribution in [1.82, 2.24) is 0 Å². The fraction of sp³-hybridized carbons (Fsp3) is 0.125. The molecule has 20 heavy (non-hydrogen) atoms. The molecule has 1 fully saturated rings. The number of hydrogen-bond donors (Lipinski definition) is 0. The van der Waals surface area contributed by atoms with Gasteiger partial charge in [-0.3, -0.25) is 9.79 Å². The average Bonchev–Trinajstić information content (AvgIpc) is 2.83. The highest BCUT2D eigenvalue weighted by Crippen LogP contribution is 2.30. The monoisotopic (exact) mass is 285 g/mol. The Balaban J connectivity index is 2.01. The lowest BCUT2D eigenvalue weighted by Gasteiger charge is -2.07. The first-order valence-corrected chi connectivity index (χ1v) is 6.67. The number of halogens is 1. The molecule has 0 aliphatic carbocycles. The van der Waals surface area contributed by atoms with Crippen molar-refractivity contribution < 1.29 is 9.53 Å². The van der Waals surface area contributed by atoms with E-state index in [4.69, 9.17) is 16.3 Å². The van der Waals surface area contributed by atoms with E-state index in [1.807, 2.05) is 48.5 Å². The van der Waals surface area contributed by atoms with Crippen LogP contribution in [0, 0.1) is 0 Å². The lowest BCUT2D eigenvalue weighted by atomic mass is 9.96. The highest BCUT2D eigenvalue weighted by molar-refractivity contribution is 6.33. The third-order valence-corrected chi connectivity index (χ3v) is 3.50. The molecular weight excluding hydrogens is 274 g/mol. The molecule has 1 saturated heterocycles. The van der Waals surface area contributed by atoms with Gasteiger partial charge in [0.15, 0.2) is 0 Å². The van der Waals surface area contributed by atoms with Gasteiger partial charge in [0, 0.05) is 0 Å². The molecule has 100 valence electrons. The minimum atomic E-state index is -0.438. The molecule has 0 N–H and O–H groups in total. The number of carbonyl (C=O) groups is 1. The maximum Gasteiger partial charge on any atom is 0.319 e. The van der Waals surface area contributed by atoms with Gasteiger partial charge in [-0.05, 0) is 17.7 Å². The zero-order valence-electron chi connectivity index (χ0n) is 10.6. The fourth-order valence-electron chi connectivity index (χ4n) is 2.22. The van der Waals surface area contributed by atoms with Crippen LogP contribution in [-0.2, 0) is 9.53 Å². The Labute approximate surface area is 121 Å². The average molecular weight is 286 g/mol. The summed E-state index contributed by atoms with van der Waals surface area (Å²) in [5.41, 5.74) is 2.23. The summed E-state index contributed by atoms with van der Waals surface area (Å²) in [6.45, 7) is 0.212. The lowest BCUT2D eigenvalue weighted by Crippen LogP contribution is -2.13. The molecule has 0 bridgehead atoms. The highest BCUT2D eigenvalue weighted by atomic mass is 35.5. The zero-order valence-corrected chi connectivity index (χ0v) is 11.4. The van der Waals surface area contributed by atoms with Gasteiger partial charge in [-0.2, -0.15) is 0 Å². The Bertz CT molecular complexity index is 667. The maximum atomic E-state index is 11.9. The third kappa shape index (κ3) is 2.45. The van der Waals surface area contributed by atoms with Gasteiger partial charge in [0.1, 0.15) is 12.5 Å². The predicted molar refractivity (Wildman–Crippen MR) is 78.7 cm³/mol. The molecule has 1 aliphatic rings. The summed E-state index contributed by atoms with van der Waals surface area (Å²) in [6, 6.07) is 16.8. The van der Waals surface area contributed by atoms with Crippen LogP contribution in [0.5, 0.6) is 0 Å². The second-order valence-electron chi connectivity index (χ2n) is 4.51. The van der Waals surface area contributed by atoms with Gasteiger partial charge in [-0.1, -0.05) is 54.1 Å². The molecule has 3 nitrogen and oxygen atoms in total. The number of nitrogens with zero attached hydrogens (tertiary/aromatic N) is 1. The SMILES string of the molecule is O=C1OCC(=Nc2ccccc2Cl)C1c1ccccc1. The molecule has 0 saturated carbocycles. The van der Waals surface area contributed by atoms with Crippen molar-refractivity contribution in [2.45, 2.75) is 5.92 Å². The number of carbonyl (C=O) groups excluding carboxylic acids is 1. The summed E-state index contributed by atoms with van der Waals surface area (Å²) < 4.78 is 5.13. The van der Waals surface area contributed by atoms with Gasteiger partial charge in [0.2, 0.25) is 0 Å². The van der Waals surface area contributed by atoms with Gasteiger partial charge < -0.3 is 4.74 Å². The molecule has 0 amide bonds. The van der Waals surface area contributed by atoms with E-state index >= 15 is 0 Å². The van der Waals surface area contributed by atoms with Gasteiger partial charge in [0.25, 0.3) is 0 Å². The van der Waals surface area contributed by atoms with Crippen molar-refractivity contribution in [3.05, 3.63) is 65.2 Å². The van der Waals surface area contributed by atoms with Crippen LogP contribution in [0.2, 0.25) is 5.02 Å². The maximum absolute atomic E-state index is 11.9. The minimum absolute atomic E-state index is 0.212. The molecule has 1 heterocycles. The van der Waals surface area contributed by atoms with Crippen LogP contribution in [0.1, 0.15) is 11.5 Å². The van der Waals surface area contributed by atoms with E-state index in [1.54, 1.807) is 6.07 Å². The Morgan fingerprint density at radius 1 is 1.05 bits per heavy atom. The molecule has 1 atom stereocenters. The van der Waals surface area contributed by atoms with Crippen molar-refractivity contribution in [2.24, 2.45) is 4.99 Å². The minimum Gasteiger partial charge on any atom is -0.459 e. The van der Waals surface area contributed by atoms with E-state index in [2.05, 4.69) is 4.99 Å². The number of benzene rings is 2. The first-order chi connectivity index (χ1) is 9.75. The van der Waals surface area contributed by atoms with Crippen LogP contribution in [0.25, 0.3) is 0 Å². The van der Waals surface area contributed by atoms with Gasteiger partial charge in [-0.15, -0.1) is 0 Å². The Morgan fingerprint density at radius 2 is 1.75 bits per heavy atom. The highest BCUT2D eigenvalue weighted by Gasteiger charge is 2.34. The standard InChI is InChI=1S/C16H12ClNO2/c17-12-8-4-5-9-13(12)18-14-10-20-16(19)15(14)11-6-2-1-3-7-11/h1-9,15H,10H2. The van der Waals surface area contributed by atoms with Crippen molar-refractivity contribution in [3.8, 4) is 0 Å². The number of hydrogen-bond acceptors (Lipinski definition) is 3. The van der Waals surface area contributed by atoms with E-state index in [0.29, 0.717) is 16.4 Å². The quantitative estimate of drug-likeness (QED) is 0.788. The van der Waals surface area contributed by atoms with Gasteiger partial charge >= 0.3 is 5.97 Å². The molecule has 0 radical (unpaired) electrons. The van der Waals surface area contributed by atoms with Crippen LogP contribution >= 0.6 is 11.6 Å². The number of ether oxygens (including phenoxy) is 1. The molecule has 3 rings (SSSR count). The summed E-state index contributed by atoms with van der Waals surface area (Å²) >= 11 is 6.10. The Kier molecular flexibility index (Phi) is 3.52. The summed E-state index contributed by atoms with van der Waals surface area (Å²) in [5.74, 6) is -0.700. The first-order valence-electron chi connectivity index (χ1n) is 6.29. The normalized spacial score (nSPS) is 20.1. The summed E-state index contributed by atoms with van der Waals surface area (Å²) in [7, 11) is 0. The second kappa shape index (κ2) is 5.47. The fourth-order valence-corrected chi connectivity index (χ4v) is 2.39. The number of cyclic esters (lactones) is 1. The predicted octanol–water partition coefficient (Wildman–Crippen LogP) is 3.75. The van der Waals surface area contributed by atoms with E-state index in [-0.39, 0.29) is 12.6 Å². The van der Waals surface area contributed by atoms with Crippen LogP contribution < -0.4 is 0 Å². The molecule has 0 spiro atoms. The molecule has 2 aromatic rings. The lowest BCUT2D eigenvalue weighted by molar-refractivity contribution is -0.139. The number of aliphatic imine (C=N–C) groups is 1. The third-order valence-electron chi connectivity index (χ3n) is 3.18. The largest absolute Gasteiger partial charge is 0.459 e. The molecule has 1 aliphatic heterocycles. The van der Waals surface area contributed by atoms with Gasteiger partial charge in [0.05, 0.1) is 16.4 Å². The van der Waals surface area contributed by atoms with Crippen molar-refractivity contribution >= 4 is 29.0 Å². The smallest absolute Gasteiger partial charge is 0.319 e. The van der Waals surface area contributed by atoms with Crippen molar-refractivity contribution in [3.63, 3.8) is 0 Å². The van der Waals surface area contributed by atoms with Crippen LogP contribution in [0.3, 0.4) is 0 Å². The summed E-state index contributed by atoms with van der Waals surface area (Å²) in [4.78, 5) is 16.4. The summed E-state index contributed by atoms with van der Waals surface area (Å²) in [5, 5.41) is 0.561. The molecule has 0 aromatic heterocycles. The van der Waals surface area contributed by atoms with Crippen LogP contribution in [0.15, 0.2) is 59.6 Å². The molecule has 1 unspecified atom stereocenters. The molecular formula is C16H12ClNO2. The second-order valence-corrected chi connectivity index (χ2v) is 4.91. The van der Waals surface area contributed by atoms with Gasteiger partial charge in [-0.25, -0.2) is 0 Å². The molecule has 4 heteroatoms. The number of rotatable bonds is 2. The topological polar surface area (TPSA) is 38.7 Å². The van der Waals surface area contributed by atoms with Crippen molar-refractivity contribution in [2.75, 3.05) is 6.61 Å². The van der Waals surface area contributed by atoms with Crippen molar-refractivity contribution in [1.29, 1.82) is 0 Å². The zero-order chi connectivity index (χ0) is 13.9. The Hall–Kier alpha value is -2.13. The number of esters is 1. The van der Waals surface area contributed by atoms with Crippen LogP contribution in [-0.4, -0.2) is 18.3 Å². The Morgan fingerprint density at radius 3 is 2.50 bits per heavy atom. The van der Waals surface area contributed by atoms with E-state index < -0.39 is 5.92 Å². The first kappa shape index (κ1) is 12.9. The van der Waals surface area contributed by atoms with E-state index in [9.17, 15) is 4.79 Å². The molecule has 2 aromatic carbocycles. The van der Waals surface area contributed by atoms with E-state index in [1.165, 1.54) is 0 Å². The van der Waals surface area contributed by atoms with E-state index in [0.717, 1.165) is 5.56 Å².